The molecule has 0 aliphatic carbocycles. The lowest BCUT2D eigenvalue weighted by atomic mass is 10.1. The van der Waals surface area contributed by atoms with E-state index in [9.17, 15) is 18.0 Å². The van der Waals surface area contributed by atoms with Crippen LogP contribution in [0.25, 0.3) is 0 Å². The van der Waals surface area contributed by atoms with Crippen molar-refractivity contribution in [2.45, 2.75) is 31.5 Å². The van der Waals surface area contributed by atoms with Gasteiger partial charge in [0.25, 0.3) is 5.91 Å². The van der Waals surface area contributed by atoms with Gasteiger partial charge in [0.15, 0.2) is 6.10 Å². The third-order valence-electron chi connectivity index (χ3n) is 4.46. The molecule has 5 nitrogen and oxygen atoms in total. The van der Waals surface area contributed by atoms with Gasteiger partial charge in [-0.25, -0.2) is 4.98 Å². The van der Waals surface area contributed by atoms with Gasteiger partial charge in [-0.15, -0.1) is 0 Å². The number of nitrogens with zero attached hydrogens (tertiary/aromatic N) is 3. The lowest BCUT2D eigenvalue weighted by molar-refractivity contribution is -0.145. The summed E-state index contributed by atoms with van der Waals surface area (Å²) >= 11 is 6.00. The molecule has 2 saturated heterocycles. The highest BCUT2D eigenvalue weighted by molar-refractivity contribution is 6.33. The van der Waals surface area contributed by atoms with Gasteiger partial charge >= 0.3 is 6.18 Å². The molecule has 0 aromatic carbocycles. The fourth-order valence-corrected chi connectivity index (χ4v) is 3.41. The Morgan fingerprint density at radius 3 is 2.60 bits per heavy atom. The molecule has 138 valence electrons. The number of amides is 1. The summed E-state index contributed by atoms with van der Waals surface area (Å²) in [5.74, 6) is 0.168. The molecule has 25 heavy (non-hydrogen) atoms. The van der Waals surface area contributed by atoms with E-state index in [0.29, 0.717) is 13.2 Å². The molecule has 3 rings (SSSR count). The van der Waals surface area contributed by atoms with E-state index < -0.39 is 17.8 Å². The maximum Gasteiger partial charge on any atom is 0.417 e. The molecule has 1 aromatic rings. The summed E-state index contributed by atoms with van der Waals surface area (Å²) in [7, 11) is 0. The van der Waals surface area contributed by atoms with E-state index >= 15 is 0 Å². The van der Waals surface area contributed by atoms with Gasteiger partial charge in [0.1, 0.15) is 5.82 Å². The number of pyridine rings is 1. The summed E-state index contributed by atoms with van der Waals surface area (Å²) in [5, 5.41) is -0.0825. The van der Waals surface area contributed by atoms with Gasteiger partial charge in [-0.1, -0.05) is 11.6 Å². The zero-order valence-corrected chi connectivity index (χ0v) is 14.3. The number of hydrogen-bond donors (Lipinski definition) is 0. The van der Waals surface area contributed by atoms with Gasteiger partial charge in [0, 0.05) is 25.8 Å². The predicted molar refractivity (Wildman–Crippen MR) is 86.6 cm³/mol. The highest BCUT2D eigenvalue weighted by Gasteiger charge is 2.34. The summed E-state index contributed by atoms with van der Waals surface area (Å²) in [6, 6.07) is 0.862. The van der Waals surface area contributed by atoms with Crippen LogP contribution in [0.3, 0.4) is 0 Å². The number of carbonyl (C=O) groups excluding carboxylic acids is 1. The van der Waals surface area contributed by atoms with Crippen molar-refractivity contribution in [2.24, 2.45) is 0 Å². The van der Waals surface area contributed by atoms with Gasteiger partial charge in [0.05, 0.1) is 23.7 Å². The van der Waals surface area contributed by atoms with Crippen LogP contribution in [-0.2, 0) is 15.7 Å². The monoisotopic (exact) mass is 377 g/mol. The van der Waals surface area contributed by atoms with Crippen LogP contribution in [0.4, 0.5) is 19.0 Å². The van der Waals surface area contributed by atoms with Crippen LogP contribution >= 0.6 is 11.6 Å². The number of alkyl halides is 3. The van der Waals surface area contributed by atoms with Crippen molar-refractivity contribution in [1.29, 1.82) is 0 Å². The zero-order chi connectivity index (χ0) is 18.0. The molecule has 2 fully saturated rings. The van der Waals surface area contributed by atoms with E-state index in [0.717, 1.165) is 44.6 Å². The maximum absolute atomic E-state index is 12.7. The van der Waals surface area contributed by atoms with Gasteiger partial charge < -0.3 is 14.5 Å². The molecule has 1 unspecified atom stereocenters. The third kappa shape index (κ3) is 4.17. The van der Waals surface area contributed by atoms with Crippen molar-refractivity contribution in [3.8, 4) is 0 Å². The number of halogens is 4. The van der Waals surface area contributed by atoms with E-state index in [-0.39, 0.29) is 23.3 Å². The highest BCUT2D eigenvalue weighted by Crippen LogP contribution is 2.34. The van der Waals surface area contributed by atoms with Crippen LogP contribution < -0.4 is 4.90 Å². The molecule has 1 amide bonds. The summed E-state index contributed by atoms with van der Waals surface area (Å²) in [6.07, 6.45) is -1.30. The summed E-state index contributed by atoms with van der Waals surface area (Å²) in [5.41, 5.74) is -0.893. The molecule has 1 aromatic heterocycles. The lowest BCUT2D eigenvalue weighted by Gasteiger charge is -2.37. The Balaban J connectivity index is 1.72. The first-order chi connectivity index (χ1) is 11.9. The smallest absolute Gasteiger partial charge is 0.365 e. The molecule has 2 aliphatic heterocycles. The molecule has 0 N–H and O–H groups in total. The number of rotatable bonds is 2. The quantitative estimate of drug-likeness (QED) is 0.795. The molecular formula is C16H19ClF3N3O2. The Hall–Kier alpha value is -1.54. The molecule has 9 heteroatoms. The van der Waals surface area contributed by atoms with E-state index in [2.05, 4.69) is 4.98 Å². The van der Waals surface area contributed by atoms with Gasteiger partial charge in [-0.2, -0.15) is 13.2 Å². The number of hydrogen-bond acceptors (Lipinski definition) is 4. The Morgan fingerprint density at radius 2 is 1.96 bits per heavy atom. The van der Waals surface area contributed by atoms with E-state index in [4.69, 9.17) is 16.3 Å². The molecule has 2 aliphatic rings. The van der Waals surface area contributed by atoms with Gasteiger partial charge in [0.2, 0.25) is 0 Å². The summed E-state index contributed by atoms with van der Waals surface area (Å²) in [6.45, 7) is 2.38. The molecule has 0 spiro atoms. The number of carbonyl (C=O) groups is 1. The number of morpholine rings is 1. The van der Waals surface area contributed by atoms with Crippen LogP contribution in [0, 0.1) is 0 Å². The second kappa shape index (κ2) is 7.37. The van der Waals surface area contributed by atoms with Crippen LogP contribution in [-0.4, -0.2) is 54.7 Å². The Labute approximate surface area is 148 Å². The van der Waals surface area contributed by atoms with Crippen molar-refractivity contribution >= 4 is 23.3 Å². The van der Waals surface area contributed by atoms with Crippen LogP contribution in [0.15, 0.2) is 12.3 Å². The zero-order valence-electron chi connectivity index (χ0n) is 13.6. The van der Waals surface area contributed by atoms with E-state index in [1.54, 1.807) is 9.80 Å². The second-order valence-corrected chi connectivity index (χ2v) is 6.63. The number of piperidine rings is 1. The van der Waals surface area contributed by atoms with Crippen molar-refractivity contribution in [3.63, 3.8) is 0 Å². The Bertz CT molecular complexity index is 636. The molecule has 3 heterocycles. The number of ether oxygens (including phenoxy) is 1. The normalized spacial score (nSPS) is 22.2. The fourth-order valence-electron chi connectivity index (χ4n) is 3.13. The number of aromatic nitrogens is 1. The van der Waals surface area contributed by atoms with Gasteiger partial charge in [-0.05, 0) is 25.3 Å². The average molecular weight is 378 g/mol. The van der Waals surface area contributed by atoms with Crippen molar-refractivity contribution < 1.29 is 22.7 Å². The summed E-state index contributed by atoms with van der Waals surface area (Å²) in [4.78, 5) is 19.9. The number of anilines is 1. The minimum absolute atomic E-state index is 0.0764. The first-order valence-corrected chi connectivity index (χ1v) is 8.62. The first kappa shape index (κ1) is 18.3. The van der Waals surface area contributed by atoms with Crippen molar-refractivity contribution in [3.05, 3.63) is 22.8 Å². The Morgan fingerprint density at radius 1 is 1.24 bits per heavy atom. The van der Waals surface area contributed by atoms with Crippen molar-refractivity contribution in [2.75, 3.05) is 37.7 Å². The Kier molecular flexibility index (Phi) is 5.38. The van der Waals surface area contributed by atoms with E-state index in [1.807, 2.05) is 0 Å². The average Bonchev–Trinajstić information content (AvgIpc) is 2.61. The molecule has 0 bridgehead atoms. The summed E-state index contributed by atoms with van der Waals surface area (Å²) < 4.78 is 43.8. The van der Waals surface area contributed by atoms with Crippen LogP contribution in [0.2, 0.25) is 5.02 Å². The van der Waals surface area contributed by atoms with Crippen LogP contribution in [0.1, 0.15) is 24.8 Å². The largest absolute Gasteiger partial charge is 0.417 e. The topological polar surface area (TPSA) is 45.7 Å². The predicted octanol–water partition coefficient (Wildman–Crippen LogP) is 2.97. The van der Waals surface area contributed by atoms with Gasteiger partial charge in [-0.3, -0.25) is 4.79 Å². The molecule has 0 saturated carbocycles. The van der Waals surface area contributed by atoms with E-state index in [1.165, 1.54) is 0 Å². The van der Waals surface area contributed by atoms with Crippen LogP contribution in [0.5, 0.6) is 0 Å². The molecular weight excluding hydrogens is 359 g/mol. The second-order valence-electron chi connectivity index (χ2n) is 6.22. The first-order valence-electron chi connectivity index (χ1n) is 8.24. The maximum atomic E-state index is 12.7. The minimum atomic E-state index is -4.49. The fraction of sp³-hybridized carbons (Fsp3) is 0.625. The molecule has 0 radical (unpaired) electrons. The lowest BCUT2D eigenvalue weighted by Crippen LogP contribution is -2.52. The van der Waals surface area contributed by atoms with Crippen molar-refractivity contribution in [1.82, 2.24) is 9.88 Å². The standard InChI is InChI=1S/C16H19ClF3N3O2/c17-12-8-11(16(18,19)20)9-21-14(12)23-6-7-25-13(10-23)15(24)22-4-2-1-3-5-22/h8-9,13H,1-7,10H2. The number of likely N-dealkylation sites (tertiary alicyclic amines) is 1. The third-order valence-corrected chi connectivity index (χ3v) is 4.74. The SMILES string of the molecule is O=C(C1CN(c2ncc(C(F)(F)F)cc2Cl)CCO1)N1CCCCC1. The minimum Gasteiger partial charge on any atom is -0.365 e. The molecule has 1 atom stereocenters. The highest BCUT2D eigenvalue weighted by atomic mass is 35.5.